The Hall–Kier alpha value is 1.23. The van der Waals surface area contributed by atoms with Gasteiger partial charge in [-0.25, -0.2) is 0 Å². The summed E-state index contributed by atoms with van der Waals surface area (Å²) in [5, 5.41) is 0. The minimum atomic E-state index is -5.11. The summed E-state index contributed by atoms with van der Waals surface area (Å²) in [5.41, 5.74) is 0. The molecule has 0 saturated heterocycles. The zero-order chi connectivity index (χ0) is 4.50. The number of halogens is 1. The van der Waals surface area contributed by atoms with Gasteiger partial charge in [0.15, 0.2) is 0 Å². The van der Waals surface area contributed by atoms with Crippen LogP contribution < -0.4 is 14.3 Å². The molecule has 0 aromatic rings. The Morgan fingerprint density at radius 2 is 1.11 bits per heavy atom. The summed E-state index contributed by atoms with van der Waals surface area (Å²) in [6.45, 7) is 0. The molecule has 0 saturated carbocycles. The number of rotatable bonds is 0. The van der Waals surface area contributed by atoms with Gasteiger partial charge in [-0.05, 0) is 0 Å². The molecule has 0 spiro atoms. The standard InChI is InChI=1S/FH.Fe.Mg.H2O4Si.H2O/c;;;1-5(2,3)4;/h1H;;;1-2H;1H2/q;2*+2;-2;/p-2. The second-order valence-corrected chi connectivity index (χ2v) is 1.65. The Morgan fingerprint density at radius 3 is 1.11 bits per heavy atom. The van der Waals surface area contributed by atoms with E-state index in [1.54, 1.807) is 0 Å². The van der Waals surface area contributed by atoms with Gasteiger partial charge in [-0.3, -0.25) is 0 Å². The van der Waals surface area contributed by atoms with Crippen LogP contribution in [0, 0.1) is 0 Å². The Kier molecular flexibility index (Phi) is 42.3. The zero-order valence-electron chi connectivity index (χ0n) is 4.10. The molecule has 0 aliphatic carbocycles. The molecule has 9 heteroatoms. The molecule has 9 heavy (non-hydrogen) atoms. The Labute approximate surface area is 78.5 Å². The average molecular weight is 210 g/mol. The second-order valence-electron chi connectivity index (χ2n) is 0.548. The average Bonchev–Trinajstić information content (AvgIpc) is 0.722. The molecule has 0 atom stereocenters. The summed E-state index contributed by atoms with van der Waals surface area (Å²) in [6, 6.07) is 0. The van der Waals surface area contributed by atoms with Crippen LogP contribution in [0.1, 0.15) is 0 Å². The van der Waals surface area contributed by atoms with Crippen LogP contribution in [0.3, 0.4) is 0 Å². The SMILES string of the molecule is [F-].[Fe+2].[Mg+2].[O-][Si]([O-])(O)O.[OH-]. The number of hydrogen-bond acceptors (Lipinski definition) is 5. The maximum Gasteiger partial charge on any atom is 2.00 e. The molecule has 3 N–H and O–H groups in total. The van der Waals surface area contributed by atoms with Gasteiger partial charge in [0.05, 0.1) is 0 Å². The van der Waals surface area contributed by atoms with Crippen LogP contribution in [0.2, 0.25) is 0 Å². The van der Waals surface area contributed by atoms with Crippen molar-refractivity contribution in [2.45, 2.75) is 0 Å². The molecule has 0 fully saturated rings. The van der Waals surface area contributed by atoms with Crippen molar-refractivity contribution in [3.05, 3.63) is 0 Å². The molecular weight excluding hydrogens is 207 g/mol. The molecule has 0 radical (unpaired) electrons. The molecule has 54 valence electrons. The first-order valence-electron chi connectivity index (χ1n) is 0.855. The Balaban J connectivity index is -0.0000000133. The summed E-state index contributed by atoms with van der Waals surface area (Å²) >= 11 is 0. The first-order valence-corrected chi connectivity index (χ1v) is 2.57. The molecule has 0 amide bonds. The summed E-state index contributed by atoms with van der Waals surface area (Å²) in [4.78, 5) is 31.8. The van der Waals surface area contributed by atoms with Crippen molar-refractivity contribution in [3.63, 3.8) is 0 Å². The zero-order valence-corrected chi connectivity index (χ0v) is 7.62. The molecule has 0 aromatic carbocycles. The Morgan fingerprint density at radius 1 is 1.11 bits per heavy atom. The fourth-order valence-electron chi connectivity index (χ4n) is 0. The minimum absolute atomic E-state index is 0. The van der Waals surface area contributed by atoms with Crippen molar-refractivity contribution in [1.82, 2.24) is 0 Å². The van der Waals surface area contributed by atoms with Gasteiger partial charge >= 0.3 is 40.1 Å². The van der Waals surface area contributed by atoms with Crippen LogP contribution in [-0.4, -0.2) is 47.2 Å². The first-order chi connectivity index (χ1) is 2.00. The van der Waals surface area contributed by atoms with E-state index in [4.69, 9.17) is 19.2 Å². The van der Waals surface area contributed by atoms with E-state index in [9.17, 15) is 0 Å². The molecule has 0 rings (SSSR count). The molecule has 0 unspecified atom stereocenters. The predicted octanol–water partition coefficient (Wildman–Crippen LogP) is -7.43. The smallest absolute Gasteiger partial charge is 1.00 e. The van der Waals surface area contributed by atoms with Gasteiger partial charge in [0.1, 0.15) is 9.05 Å². The molecular formula is H3FFeMgO5Si. The van der Waals surface area contributed by atoms with E-state index in [0.717, 1.165) is 0 Å². The van der Waals surface area contributed by atoms with Gasteiger partial charge in [0.25, 0.3) is 0 Å². The largest absolute Gasteiger partial charge is 2.00 e. The van der Waals surface area contributed by atoms with Crippen LogP contribution >= 0.6 is 0 Å². The van der Waals surface area contributed by atoms with Gasteiger partial charge in [-0.15, -0.1) is 0 Å². The van der Waals surface area contributed by atoms with Gasteiger partial charge in [-0.2, -0.15) is 0 Å². The third-order valence-corrected chi connectivity index (χ3v) is 0. The summed E-state index contributed by atoms with van der Waals surface area (Å²) in [7, 11) is -5.11. The van der Waals surface area contributed by atoms with E-state index < -0.39 is 9.05 Å². The van der Waals surface area contributed by atoms with Crippen LogP contribution in [-0.2, 0) is 17.1 Å². The minimum Gasteiger partial charge on any atom is -1.00 e. The van der Waals surface area contributed by atoms with E-state index in [1.165, 1.54) is 0 Å². The fourth-order valence-corrected chi connectivity index (χ4v) is 0. The molecule has 0 aromatic heterocycles. The summed E-state index contributed by atoms with van der Waals surface area (Å²) in [5.74, 6) is 0. The maximum atomic E-state index is 8.80. The monoisotopic (exact) mass is 210 g/mol. The van der Waals surface area contributed by atoms with Crippen LogP contribution in [0.5, 0.6) is 0 Å². The van der Waals surface area contributed by atoms with Crippen molar-refractivity contribution in [3.8, 4) is 0 Å². The molecule has 5 nitrogen and oxygen atoms in total. The van der Waals surface area contributed by atoms with Gasteiger partial charge in [0.2, 0.25) is 0 Å². The van der Waals surface area contributed by atoms with Crippen LogP contribution in [0.15, 0.2) is 0 Å². The topological polar surface area (TPSA) is 117 Å². The molecule has 0 aliphatic rings. The van der Waals surface area contributed by atoms with E-state index in [1.807, 2.05) is 0 Å². The van der Waals surface area contributed by atoms with Crippen molar-refractivity contribution in [2.24, 2.45) is 0 Å². The van der Waals surface area contributed by atoms with Crippen molar-refractivity contribution in [1.29, 1.82) is 0 Å². The van der Waals surface area contributed by atoms with Crippen molar-refractivity contribution < 1.29 is 46.4 Å². The predicted molar refractivity (Wildman–Crippen MR) is 17.9 cm³/mol. The van der Waals surface area contributed by atoms with E-state index in [0.29, 0.717) is 0 Å². The van der Waals surface area contributed by atoms with Crippen molar-refractivity contribution in [2.75, 3.05) is 0 Å². The molecule has 0 bridgehead atoms. The number of hydrogen-bond donors (Lipinski definition) is 2. The van der Waals surface area contributed by atoms with Crippen LogP contribution in [0.25, 0.3) is 0 Å². The molecule has 0 aliphatic heterocycles. The van der Waals surface area contributed by atoms with E-state index in [2.05, 4.69) is 0 Å². The summed E-state index contributed by atoms with van der Waals surface area (Å²) in [6.07, 6.45) is 0. The van der Waals surface area contributed by atoms with E-state index >= 15 is 0 Å². The second kappa shape index (κ2) is 12.0. The van der Waals surface area contributed by atoms with Crippen molar-refractivity contribution >= 4 is 32.1 Å². The normalized spacial score (nSPS) is 6.67. The van der Waals surface area contributed by atoms with Gasteiger partial charge < -0.3 is 29.4 Å². The summed E-state index contributed by atoms with van der Waals surface area (Å²) < 4.78 is 0. The third-order valence-electron chi connectivity index (χ3n) is 0. The Bertz CT molecular complexity index is 32.4. The molecule has 0 heterocycles. The van der Waals surface area contributed by atoms with Crippen LogP contribution in [0.4, 0.5) is 0 Å². The maximum absolute atomic E-state index is 8.80. The fraction of sp³-hybridized carbons (Fsp3) is 0. The van der Waals surface area contributed by atoms with Gasteiger partial charge in [-0.1, -0.05) is 0 Å². The third kappa shape index (κ3) is 318. The first kappa shape index (κ1) is 31.9. The van der Waals surface area contributed by atoms with Gasteiger partial charge in [0, 0.05) is 0 Å². The van der Waals surface area contributed by atoms with E-state index in [-0.39, 0.29) is 50.3 Å². The quantitative estimate of drug-likeness (QED) is 0.385.